The number of hydrogen-bond acceptors (Lipinski definition) is 6. The lowest BCUT2D eigenvalue weighted by Gasteiger charge is -2.39. The van der Waals surface area contributed by atoms with Crippen LogP contribution in [-0.4, -0.2) is 86.5 Å². The number of amides is 3. The minimum atomic E-state index is -0.813. The zero-order valence-electron chi connectivity index (χ0n) is 21.3. The van der Waals surface area contributed by atoms with Gasteiger partial charge < -0.3 is 25.2 Å². The zero-order valence-corrected chi connectivity index (χ0v) is 21.3. The fourth-order valence-electron chi connectivity index (χ4n) is 4.97. The third kappa shape index (κ3) is 6.15. The number of nitrogens with zero attached hydrogens (tertiary/aromatic N) is 3. The molecular weight excluding hydrogens is 458 g/mol. The van der Waals surface area contributed by atoms with Crippen molar-refractivity contribution in [3.8, 4) is 5.75 Å². The molecule has 0 spiro atoms. The van der Waals surface area contributed by atoms with Crippen molar-refractivity contribution < 1.29 is 19.1 Å². The number of ether oxygens (including phenoxy) is 1. The van der Waals surface area contributed by atoms with Crippen LogP contribution in [0.3, 0.4) is 0 Å². The highest BCUT2D eigenvalue weighted by molar-refractivity contribution is 5.97. The van der Waals surface area contributed by atoms with Crippen molar-refractivity contribution in [2.45, 2.75) is 26.3 Å². The fourth-order valence-corrected chi connectivity index (χ4v) is 4.97. The smallest absolute Gasteiger partial charge is 0.243 e. The van der Waals surface area contributed by atoms with Crippen LogP contribution in [0.1, 0.15) is 17.5 Å². The van der Waals surface area contributed by atoms with E-state index < -0.39 is 6.04 Å². The molecule has 2 aromatic rings. The normalized spacial score (nSPS) is 18.5. The lowest BCUT2D eigenvalue weighted by molar-refractivity contribution is -0.145. The summed E-state index contributed by atoms with van der Waals surface area (Å²) < 4.78 is 5.49. The molecule has 3 amide bonds. The van der Waals surface area contributed by atoms with Gasteiger partial charge in [0.15, 0.2) is 0 Å². The van der Waals surface area contributed by atoms with E-state index in [1.807, 2.05) is 56.3 Å². The molecule has 2 saturated heterocycles. The average Bonchev–Trinajstić information content (AvgIpc) is 2.85. The van der Waals surface area contributed by atoms with Gasteiger partial charge >= 0.3 is 0 Å². The highest BCUT2D eigenvalue weighted by Gasteiger charge is 2.35. The van der Waals surface area contributed by atoms with Crippen molar-refractivity contribution in [3.05, 3.63) is 53.6 Å². The number of aryl methyl sites for hydroxylation is 2. The Morgan fingerprint density at radius 3 is 2.42 bits per heavy atom. The van der Waals surface area contributed by atoms with E-state index in [-0.39, 0.29) is 30.7 Å². The van der Waals surface area contributed by atoms with Gasteiger partial charge in [0, 0.05) is 45.0 Å². The second-order valence-electron chi connectivity index (χ2n) is 9.46. The fraction of sp³-hybridized carbons (Fsp3) is 0.444. The number of carbonyl (C=O) groups is 3. The minimum absolute atomic E-state index is 0.0772. The van der Waals surface area contributed by atoms with Crippen molar-refractivity contribution in [2.24, 2.45) is 0 Å². The molecule has 0 saturated carbocycles. The maximum atomic E-state index is 13.2. The number of rotatable bonds is 7. The average molecular weight is 494 g/mol. The maximum absolute atomic E-state index is 13.2. The van der Waals surface area contributed by atoms with Gasteiger partial charge in [-0.1, -0.05) is 18.2 Å². The summed E-state index contributed by atoms with van der Waals surface area (Å²) in [5.74, 6) is 0.138. The number of methoxy groups -OCH3 is 1. The minimum Gasteiger partial charge on any atom is -0.495 e. The van der Waals surface area contributed by atoms with Gasteiger partial charge in [0.2, 0.25) is 17.7 Å². The van der Waals surface area contributed by atoms with Gasteiger partial charge in [-0.2, -0.15) is 0 Å². The summed E-state index contributed by atoms with van der Waals surface area (Å²) in [5.41, 5.74) is 3.83. The Bertz CT molecular complexity index is 1090. The Hall–Kier alpha value is -3.59. The summed E-state index contributed by atoms with van der Waals surface area (Å²) in [7, 11) is 1.67. The van der Waals surface area contributed by atoms with E-state index in [0.29, 0.717) is 18.8 Å². The van der Waals surface area contributed by atoms with Crippen molar-refractivity contribution in [1.82, 2.24) is 15.1 Å². The molecule has 2 aromatic carbocycles. The number of benzene rings is 2. The van der Waals surface area contributed by atoms with Crippen LogP contribution < -0.4 is 20.3 Å². The lowest BCUT2D eigenvalue weighted by Crippen LogP contribution is -2.60. The van der Waals surface area contributed by atoms with Crippen molar-refractivity contribution in [3.63, 3.8) is 0 Å². The summed E-state index contributed by atoms with van der Waals surface area (Å²) in [6.45, 7) is 7.94. The summed E-state index contributed by atoms with van der Waals surface area (Å²) in [6, 6.07) is 12.9. The molecule has 192 valence electrons. The molecule has 0 aliphatic carbocycles. The molecule has 0 aromatic heterocycles. The highest BCUT2D eigenvalue weighted by Crippen LogP contribution is 2.28. The molecule has 9 heteroatoms. The van der Waals surface area contributed by atoms with Crippen molar-refractivity contribution >= 4 is 29.1 Å². The molecule has 0 unspecified atom stereocenters. The predicted octanol–water partition coefficient (Wildman–Crippen LogP) is 1.79. The van der Waals surface area contributed by atoms with Gasteiger partial charge in [-0.25, -0.2) is 0 Å². The van der Waals surface area contributed by atoms with Crippen LogP contribution in [0, 0.1) is 13.8 Å². The Morgan fingerprint density at radius 1 is 1.03 bits per heavy atom. The van der Waals surface area contributed by atoms with E-state index in [4.69, 9.17) is 4.74 Å². The molecule has 0 radical (unpaired) electrons. The number of piperazine rings is 2. The van der Waals surface area contributed by atoms with Crippen LogP contribution in [0.15, 0.2) is 42.5 Å². The topological polar surface area (TPSA) is 94.2 Å². The molecule has 4 rings (SSSR count). The van der Waals surface area contributed by atoms with E-state index in [2.05, 4.69) is 20.4 Å². The maximum Gasteiger partial charge on any atom is 0.243 e. The van der Waals surface area contributed by atoms with E-state index >= 15 is 0 Å². The van der Waals surface area contributed by atoms with Gasteiger partial charge in [-0.15, -0.1) is 0 Å². The predicted molar refractivity (Wildman–Crippen MR) is 139 cm³/mol. The molecule has 2 fully saturated rings. The van der Waals surface area contributed by atoms with Crippen LogP contribution in [0.25, 0.3) is 0 Å². The van der Waals surface area contributed by atoms with Gasteiger partial charge in [0.05, 0.1) is 25.8 Å². The molecule has 9 nitrogen and oxygen atoms in total. The standard InChI is InChI=1S/C27H35N5O4/c1-19-14-20(2)16-21(15-19)29-25(33)17-23-27(35)28-8-9-32(23)26(34)18-30-10-12-31(13-11-30)22-6-4-5-7-24(22)36-3/h4-7,14-16,23H,8-13,17-18H2,1-3H3,(H,28,35)(H,29,33)/t23-/m1/s1. The van der Waals surface area contributed by atoms with Crippen LogP contribution in [0.4, 0.5) is 11.4 Å². The molecule has 1 atom stereocenters. The summed E-state index contributed by atoms with van der Waals surface area (Å²) >= 11 is 0. The molecule has 2 N–H and O–H groups in total. The largest absolute Gasteiger partial charge is 0.495 e. The molecule has 2 aliphatic rings. The Balaban J connectivity index is 1.34. The first-order chi connectivity index (χ1) is 17.3. The number of anilines is 2. The summed E-state index contributed by atoms with van der Waals surface area (Å²) in [5, 5.41) is 5.68. The van der Waals surface area contributed by atoms with E-state index in [1.54, 1.807) is 12.0 Å². The first-order valence-electron chi connectivity index (χ1n) is 12.4. The molecule has 36 heavy (non-hydrogen) atoms. The van der Waals surface area contributed by atoms with E-state index in [0.717, 1.165) is 48.7 Å². The number of para-hydroxylation sites is 2. The second-order valence-corrected chi connectivity index (χ2v) is 9.46. The second kappa shape index (κ2) is 11.4. The monoisotopic (exact) mass is 493 g/mol. The lowest BCUT2D eigenvalue weighted by atomic mass is 10.1. The summed E-state index contributed by atoms with van der Waals surface area (Å²) in [4.78, 5) is 44.6. The van der Waals surface area contributed by atoms with Gasteiger partial charge in [-0.3, -0.25) is 19.3 Å². The first-order valence-corrected chi connectivity index (χ1v) is 12.4. The Morgan fingerprint density at radius 2 is 1.72 bits per heavy atom. The third-order valence-electron chi connectivity index (χ3n) is 6.69. The van der Waals surface area contributed by atoms with Crippen LogP contribution >= 0.6 is 0 Å². The zero-order chi connectivity index (χ0) is 25.7. The van der Waals surface area contributed by atoms with Gasteiger partial charge in [0.25, 0.3) is 0 Å². The Kier molecular flexibility index (Phi) is 8.10. The van der Waals surface area contributed by atoms with Crippen LogP contribution in [0.2, 0.25) is 0 Å². The highest BCUT2D eigenvalue weighted by atomic mass is 16.5. The number of carbonyl (C=O) groups excluding carboxylic acids is 3. The number of nitrogens with one attached hydrogen (secondary N) is 2. The first kappa shape index (κ1) is 25.5. The van der Waals surface area contributed by atoms with Crippen LogP contribution in [0.5, 0.6) is 5.75 Å². The number of hydrogen-bond donors (Lipinski definition) is 2. The van der Waals surface area contributed by atoms with Gasteiger partial charge in [-0.05, 0) is 49.2 Å². The van der Waals surface area contributed by atoms with Crippen molar-refractivity contribution in [2.75, 3.05) is 63.1 Å². The van der Waals surface area contributed by atoms with Gasteiger partial charge in [0.1, 0.15) is 11.8 Å². The van der Waals surface area contributed by atoms with Crippen molar-refractivity contribution in [1.29, 1.82) is 0 Å². The van der Waals surface area contributed by atoms with E-state index in [1.165, 1.54) is 0 Å². The molecule has 2 aliphatic heterocycles. The molecular formula is C27H35N5O4. The quantitative estimate of drug-likeness (QED) is 0.611. The summed E-state index contributed by atoms with van der Waals surface area (Å²) in [6.07, 6.45) is -0.0772. The molecule has 2 heterocycles. The Labute approximate surface area is 212 Å². The molecule has 0 bridgehead atoms. The SMILES string of the molecule is COc1ccccc1N1CCN(CC(=O)N2CCNC(=O)[C@H]2CC(=O)Nc2cc(C)cc(C)c2)CC1. The van der Waals surface area contributed by atoms with E-state index in [9.17, 15) is 14.4 Å². The van der Waals surface area contributed by atoms with Crippen LogP contribution in [-0.2, 0) is 14.4 Å². The third-order valence-corrected chi connectivity index (χ3v) is 6.69.